The maximum Gasteiger partial charge on any atom is 0.0595 e. The maximum atomic E-state index is 6.02. The minimum atomic E-state index is 0.318. The fraction of sp³-hybridized carbons (Fsp3) is 0.231. The molecule has 1 heterocycles. The molecule has 0 spiro atoms. The van der Waals surface area contributed by atoms with Crippen LogP contribution in [0.2, 0.25) is 10.0 Å². The molecule has 1 unspecified atom stereocenters. The maximum absolute atomic E-state index is 6.02. The van der Waals surface area contributed by atoms with Crippen molar-refractivity contribution in [1.82, 2.24) is 5.32 Å². The summed E-state index contributed by atoms with van der Waals surface area (Å²) in [7, 11) is 1.97. The number of thiophene rings is 1. The zero-order valence-corrected chi connectivity index (χ0v) is 11.7. The van der Waals surface area contributed by atoms with Crippen molar-refractivity contribution in [3.05, 3.63) is 56.2 Å². The lowest BCUT2D eigenvalue weighted by Gasteiger charge is -2.15. The molecule has 2 rings (SSSR count). The van der Waals surface area contributed by atoms with Gasteiger partial charge in [0.15, 0.2) is 0 Å². The molecule has 0 saturated carbocycles. The molecular weight excluding hydrogens is 273 g/mol. The molecule has 0 amide bonds. The monoisotopic (exact) mass is 285 g/mol. The van der Waals surface area contributed by atoms with Crippen LogP contribution in [0.4, 0.5) is 0 Å². The summed E-state index contributed by atoms with van der Waals surface area (Å²) in [6.45, 7) is 0. The summed E-state index contributed by atoms with van der Waals surface area (Å²) in [5.41, 5.74) is 2.49. The molecule has 90 valence electrons. The third kappa shape index (κ3) is 3.23. The van der Waals surface area contributed by atoms with E-state index < -0.39 is 0 Å². The lowest BCUT2D eigenvalue weighted by molar-refractivity contribution is 0.594. The van der Waals surface area contributed by atoms with E-state index in [0.717, 1.165) is 6.42 Å². The first-order valence-corrected chi connectivity index (χ1v) is 7.04. The van der Waals surface area contributed by atoms with Gasteiger partial charge in [0.2, 0.25) is 0 Å². The summed E-state index contributed by atoms with van der Waals surface area (Å²) in [5.74, 6) is 0. The number of nitrogens with one attached hydrogen (secondary N) is 1. The van der Waals surface area contributed by atoms with Crippen LogP contribution in [0.5, 0.6) is 0 Å². The molecule has 1 N–H and O–H groups in total. The zero-order chi connectivity index (χ0) is 12.3. The van der Waals surface area contributed by atoms with Gasteiger partial charge in [0.05, 0.1) is 10.0 Å². The Morgan fingerprint density at radius 1 is 1.24 bits per heavy atom. The van der Waals surface area contributed by atoms with Gasteiger partial charge >= 0.3 is 0 Å². The zero-order valence-electron chi connectivity index (χ0n) is 9.41. The molecule has 0 aliphatic heterocycles. The highest BCUT2D eigenvalue weighted by Gasteiger charge is 2.11. The van der Waals surface area contributed by atoms with E-state index in [4.69, 9.17) is 23.2 Å². The molecular formula is C13H13Cl2NS. The highest BCUT2D eigenvalue weighted by atomic mass is 35.5. The van der Waals surface area contributed by atoms with Crippen LogP contribution in [0.1, 0.15) is 17.2 Å². The van der Waals surface area contributed by atoms with Crippen LogP contribution in [-0.4, -0.2) is 7.05 Å². The van der Waals surface area contributed by atoms with Crippen LogP contribution < -0.4 is 5.32 Å². The first-order chi connectivity index (χ1) is 8.20. The second-order valence-corrected chi connectivity index (χ2v) is 5.44. The van der Waals surface area contributed by atoms with Crippen molar-refractivity contribution in [3.8, 4) is 0 Å². The third-order valence-corrected chi connectivity index (χ3v) is 4.16. The highest BCUT2D eigenvalue weighted by Crippen LogP contribution is 2.26. The smallest absolute Gasteiger partial charge is 0.0595 e. The van der Waals surface area contributed by atoms with Crippen molar-refractivity contribution >= 4 is 34.5 Å². The summed E-state index contributed by atoms with van der Waals surface area (Å²) in [6.07, 6.45) is 0.907. The molecule has 1 aromatic heterocycles. The van der Waals surface area contributed by atoms with Crippen LogP contribution in [0.3, 0.4) is 0 Å². The average molecular weight is 286 g/mol. The normalized spacial score (nSPS) is 12.6. The van der Waals surface area contributed by atoms with Crippen molar-refractivity contribution in [2.24, 2.45) is 0 Å². The highest BCUT2D eigenvalue weighted by molar-refractivity contribution is 7.07. The Morgan fingerprint density at radius 3 is 2.65 bits per heavy atom. The van der Waals surface area contributed by atoms with E-state index in [2.05, 4.69) is 22.1 Å². The Morgan fingerprint density at radius 2 is 2.06 bits per heavy atom. The van der Waals surface area contributed by atoms with Crippen LogP contribution in [0.15, 0.2) is 35.0 Å². The van der Waals surface area contributed by atoms with E-state index in [1.165, 1.54) is 11.1 Å². The second kappa shape index (κ2) is 5.87. The minimum absolute atomic E-state index is 0.318. The molecule has 2 aromatic rings. The van der Waals surface area contributed by atoms with Gasteiger partial charge in [-0.15, -0.1) is 0 Å². The number of likely N-dealkylation sites (N-methyl/N-ethyl adjacent to an activating group) is 1. The Hall–Kier alpha value is -0.540. The molecule has 17 heavy (non-hydrogen) atoms. The van der Waals surface area contributed by atoms with Gasteiger partial charge in [0.1, 0.15) is 0 Å². The predicted molar refractivity (Wildman–Crippen MR) is 76.3 cm³/mol. The fourth-order valence-electron chi connectivity index (χ4n) is 1.76. The Balaban J connectivity index is 2.16. The number of halogens is 2. The number of rotatable bonds is 4. The summed E-state index contributed by atoms with van der Waals surface area (Å²) < 4.78 is 0. The number of hydrogen-bond acceptors (Lipinski definition) is 2. The predicted octanol–water partition coefficient (Wildman–Crippen LogP) is 4.56. The van der Waals surface area contributed by atoms with E-state index in [1.807, 2.05) is 25.2 Å². The van der Waals surface area contributed by atoms with E-state index in [-0.39, 0.29) is 0 Å². The summed E-state index contributed by atoms with van der Waals surface area (Å²) in [4.78, 5) is 0. The molecule has 0 radical (unpaired) electrons. The van der Waals surface area contributed by atoms with Gasteiger partial charge in [-0.3, -0.25) is 0 Å². The van der Waals surface area contributed by atoms with Crippen molar-refractivity contribution < 1.29 is 0 Å². The van der Waals surface area contributed by atoms with Crippen molar-refractivity contribution in [3.63, 3.8) is 0 Å². The van der Waals surface area contributed by atoms with Gasteiger partial charge in [-0.1, -0.05) is 29.3 Å². The molecule has 1 atom stereocenters. The topological polar surface area (TPSA) is 12.0 Å². The van der Waals surface area contributed by atoms with Gasteiger partial charge in [-0.2, -0.15) is 11.3 Å². The molecule has 4 heteroatoms. The van der Waals surface area contributed by atoms with Crippen LogP contribution in [0.25, 0.3) is 0 Å². The Kier molecular flexibility index (Phi) is 4.46. The van der Waals surface area contributed by atoms with Crippen molar-refractivity contribution in [2.45, 2.75) is 12.5 Å². The first kappa shape index (κ1) is 12.9. The van der Waals surface area contributed by atoms with Crippen molar-refractivity contribution in [2.75, 3.05) is 7.05 Å². The van der Waals surface area contributed by atoms with Crippen molar-refractivity contribution in [1.29, 1.82) is 0 Å². The largest absolute Gasteiger partial charge is 0.313 e. The lowest BCUT2D eigenvalue weighted by atomic mass is 10.0. The molecule has 1 nitrogen and oxygen atoms in total. The van der Waals surface area contributed by atoms with E-state index in [1.54, 1.807) is 11.3 Å². The van der Waals surface area contributed by atoms with Gasteiger partial charge in [0, 0.05) is 6.04 Å². The summed E-state index contributed by atoms with van der Waals surface area (Å²) in [6, 6.07) is 8.26. The minimum Gasteiger partial charge on any atom is -0.313 e. The fourth-order valence-corrected chi connectivity index (χ4v) is 2.80. The lowest BCUT2D eigenvalue weighted by Crippen LogP contribution is -2.18. The van der Waals surface area contributed by atoms with Gasteiger partial charge < -0.3 is 5.32 Å². The first-order valence-electron chi connectivity index (χ1n) is 5.34. The van der Waals surface area contributed by atoms with E-state index in [0.29, 0.717) is 16.1 Å². The van der Waals surface area contributed by atoms with Crippen LogP contribution in [0, 0.1) is 0 Å². The van der Waals surface area contributed by atoms with E-state index >= 15 is 0 Å². The van der Waals surface area contributed by atoms with Gasteiger partial charge in [0.25, 0.3) is 0 Å². The summed E-state index contributed by atoms with van der Waals surface area (Å²) >= 11 is 13.6. The SMILES string of the molecule is CNC(Cc1ccc(Cl)c(Cl)c1)c1ccsc1. The molecule has 0 aliphatic carbocycles. The average Bonchev–Trinajstić information content (AvgIpc) is 2.84. The second-order valence-electron chi connectivity index (χ2n) is 3.85. The quantitative estimate of drug-likeness (QED) is 0.869. The Bertz CT molecular complexity index is 482. The summed E-state index contributed by atoms with van der Waals surface area (Å²) in [5, 5.41) is 8.79. The third-order valence-electron chi connectivity index (χ3n) is 2.72. The van der Waals surface area contributed by atoms with Gasteiger partial charge in [-0.05, 0) is 53.6 Å². The molecule has 0 bridgehead atoms. The standard InChI is InChI=1S/C13H13Cl2NS/c1-16-13(10-4-5-17-8-10)7-9-2-3-11(14)12(15)6-9/h2-6,8,13,16H,7H2,1H3. The molecule has 0 saturated heterocycles. The number of benzene rings is 1. The molecule has 1 aromatic carbocycles. The molecule has 0 aliphatic rings. The Labute approximate surface area is 115 Å². The van der Waals surface area contributed by atoms with Crippen LogP contribution >= 0.6 is 34.5 Å². The van der Waals surface area contributed by atoms with E-state index in [9.17, 15) is 0 Å². The molecule has 0 fully saturated rings. The van der Waals surface area contributed by atoms with Crippen LogP contribution in [-0.2, 0) is 6.42 Å². The van der Waals surface area contributed by atoms with Gasteiger partial charge in [-0.25, -0.2) is 0 Å². The number of hydrogen-bond donors (Lipinski definition) is 1.